The minimum absolute atomic E-state index is 0.584. The molecule has 0 fully saturated rings. The summed E-state index contributed by atoms with van der Waals surface area (Å²) < 4.78 is 7.53. The molecule has 2 N–H and O–H groups in total. The van der Waals surface area contributed by atoms with E-state index in [9.17, 15) is 0 Å². The predicted octanol–water partition coefficient (Wildman–Crippen LogP) is 2.66. The number of benzene rings is 1. The summed E-state index contributed by atoms with van der Waals surface area (Å²) in [7, 11) is 1.78. The molecule has 6 heteroatoms. The SMILES string of the molecule is CN=C(NCCCOCC(C)C)NCc1cnn(Cc2ccccc2)c1. The first-order valence-electron chi connectivity index (χ1n) is 9.25. The molecule has 0 aliphatic heterocycles. The lowest BCUT2D eigenvalue weighted by Gasteiger charge is -2.11. The highest BCUT2D eigenvalue weighted by Crippen LogP contribution is 2.03. The molecule has 0 bridgehead atoms. The molecule has 2 rings (SSSR count). The van der Waals surface area contributed by atoms with Gasteiger partial charge in [-0.1, -0.05) is 44.2 Å². The van der Waals surface area contributed by atoms with Gasteiger partial charge in [-0.15, -0.1) is 0 Å². The van der Waals surface area contributed by atoms with Crippen molar-refractivity contribution < 1.29 is 4.74 Å². The molecule has 142 valence electrons. The van der Waals surface area contributed by atoms with Crippen molar-refractivity contribution in [3.63, 3.8) is 0 Å². The van der Waals surface area contributed by atoms with E-state index in [1.165, 1.54) is 5.56 Å². The highest BCUT2D eigenvalue weighted by Gasteiger charge is 2.02. The van der Waals surface area contributed by atoms with Crippen LogP contribution >= 0.6 is 0 Å². The number of guanidine groups is 1. The summed E-state index contributed by atoms with van der Waals surface area (Å²) >= 11 is 0. The minimum Gasteiger partial charge on any atom is -0.381 e. The van der Waals surface area contributed by atoms with Gasteiger partial charge in [0.25, 0.3) is 0 Å². The molecule has 0 amide bonds. The van der Waals surface area contributed by atoms with Gasteiger partial charge in [0, 0.05) is 45.1 Å². The minimum atomic E-state index is 0.584. The second kappa shape index (κ2) is 11.3. The molecule has 26 heavy (non-hydrogen) atoms. The molecule has 0 unspecified atom stereocenters. The number of hydrogen-bond donors (Lipinski definition) is 2. The van der Waals surface area contributed by atoms with E-state index in [4.69, 9.17) is 4.74 Å². The number of ether oxygens (including phenoxy) is 1. The standard InChI is InChI=1S/C20H31N5O/c1-17(2)16-26-11-7-10-22-20(21-3)23-12-19-13-24-25(15-19)14-18-8-5-4-6-9-18/h4-6,8-9,13,15,17H,7,10-12,14,16H2,1-3H3,(H2,21,22,23). The lowest BCUT2D eigenvalue weighted by Crippen LogP contribution is -2.37. The largest absolute Gasteiger partial charge is 0.381 e. The Morgan fingerprint density at radius 3 is 2.73 bits per heavy atom. The van der Waals surface area contributed by atoms with Crippen LogP contribution in [0.25, 0.3) is 0 Å². The average Bonchev–Trinajstić information content (AvgIpc) is 3.08. The van der Waals surface area contributed by atoms with Crippen LogP contribution in [0, 0.1) is 5.92 Å². The van der Waals surface area contributed by atoms with Crippen molar-refractivity contribution in [2.45, 2.75) is 33.4 Å². The Labute approximate surface area is 156 Å². The molecule has 0 radical (unpaired) electrons. The number of aliphatic imine (C=N–C) groups is 1. The summed E-state index contributed by atoms with van der Waals surface area (Å²) in [6.45, 7) is 8.22. The Morgan fingerprint density at radius 2 is 2.00 bits per heavy atom. The smallest absolute Gasteiger partial charge is 0.191 e. The lowest BCUT2D eigenvalue weighted by molar-refractivity contribution is 0.108. The first-order chi connectivity index (χ1) is 12.7. The third-order valence-electron chi connectivity index (χ3n) is 3.77. The zero-order valence-electron chi connectivity index (χ0n) is 16.1. The molecule has 1 aromatic carbocycles. The van der Waals surface area contributed by atoms with Gasteiger partial charge in [0.1, 0.15) is 0 Å². The van der Waals surface area contributed by atoms with Crippen LogP contribution in [0.3, 0.4) is 0 Å². The van der Waals surface area contributed by atoms with Crippen molar-refractivity contribution in [3.8, 4) is 0 Å². The van der Waals surface area contributed by atoms with Gasteiger partial charge in [-0.2, -0.15) is 5.10 Å². The van der Waals surface area contributed by atoms with Crippen LogP contribution in [0.15, 0.2) is 47.7 Å². The fourth-order valence-electron chi connectivity index (χ4n) is 2.46. The molecule has 6 nitrogen and oxygen atoms in total. The van der Waals surface area contributed by atoms with Crippen LogP contribution in [0.2, 0.25) is 0 Å². The normalized spacial score (nSPS) is 11.8. The van der Waals surface area contributed by atoms with Crippen LogP contribution < -0.4 is 10.6 Å². The zero-order valence-corrected chi connectivity index (χ0v) is 16.1. The number of nitrogens with zero attached hydrogens (tertiary/aromatic N) is 3. The van der Waals surface area contributed by atoms with Crippen molar-refractivity contribution in [2.75, 3.05) is 26.8 Å². The summed E-state index contributed by atoms with van der Waals surface area (Å²) in [4.78, 5) is 4.25. The quantitative estimate of drug-likeness (QED) is 0.390. The Morgan fingerprint density at radius 1 is 1.19 bits per heavy atom. The van der Waals surface area contributed by atoms with E-state index in [0.29, 0.717) is 12.5 Å². The van der Waals surface area contributed by atoms with Gasteiger partial charge in [-0.05, 0) is 17.9 Å². The molecular weight excluding hydrogens is 326 g/mol. The van der Waals surface area contributed by atoms with Gasteiger partial charge in [0.15, 0.2) is 5.96 Å². The Bertz CT molecular complexity index is 651. The molecule has 0 aliphatic rings. The number of rotatable bonds is 10. The molecule has 1 heterocycles. The van der Waals surface area contributed by atoms with Gasteiger partial charge in [-0.3, -0.25) is 9.67 Å². The summed E-state index contributed by atoms with van der Waals surface area (Å²) in [6, 6.07) is 10.3. The van der Waals surface area contributed by atoms with Gasteiger partial charge >= 0.3 is 0 Å². The third-order valence-corrected chi connectivity index (χ3v) is 3.77. The molecule has 0 atom stereocenters. The van der Waals surface area contributed by atoms with Crippen LogP contribution in [0.5, 0.6) is 0 Å². The Balaban J connectivity index is 1.67. The molecular formula is C20H31N5O. The Kier molecular flexibility index (Phi) is 8.69. The van der Waals surface area contributed by atoms with Crippen molar-refractivity contribution in [1.82, 2.24) is 20.4 Å². The molecule has 0 spiro atoms. The molecule has 0 saturated heterocycles. The van der Waals surface area contributed by atoms with E-state index in [1.807, 2.05) is 29.1 Å². The first-order valence-corrected chi connectivity index (χ1v) is 9.25. The fraction of sp³-hybridized carbons (Fsp3) is 0.500. The highest BCUT2D eigenvalue weighted by atomic mass is 16.5. The van der Waals surface area contributed by atoms with E-state index < -0.39 is 0 Å². The van der Waals surface area contributed by atoms with Gasteiger partial charge in [-0.25, -0.2) is 0 Å². The molecule has 2 aromatic rings. The highest BCUT2D eigenvalue weighted by molar-refractivity contribution is 5.79. The van der Waals surface area contributed by atoms with E-state index in [-0.39, 0.29) is 0 Å². The van der Waals surface area contributed by atoms with Crippen LogP contribution in [-0.4, -0.2) is 42.5 Å². The third kappa shape index (κ3) is 7.70. The maximum atomic E-state index is 5.58. The van der Waals surface area contributed by atoms with Gasteiger partial charge < -0.3 is 15.4 Å². The van der Waals surface area contributed by atoms with E-state index in [0.717, 1.165) is 44.2 Å². The molecule has 0 aliphatic carbocycles. The summed E-state index contributed by atoms with van der Waals surface area (Å²) in [5.74, 6) is 1.38. The van der Waals surface area contributed by atoms with Crippen molar-refractivity contribution in [2.24, 2.45) is 10.9 Å². The second-order valence-corrected chi connectivity index (χ2v) is 6.71. The van der Waals surface area contributed by atoms with E-state index in [1.54, 1.807) is 7.05 Å². The molecule has 1 aromatic heterocycles. The maximum Gasteiger partial charge on any atom is 0.191 e. The number of hydrogen-bond acceptors (Lipinski definition) is 3. The topological polar surface area (TPSA) is 63.5 Å². The van der Waals surface area contributed by atoms with Crippen molar-refractivity contribution in [3.05, 3.63) is 53.9 Å². The zero-order chi connectivity index (χ0) is 18.6. The summed E-state index contributed by atoms with van der Waals surface area (Å²) in [6.07, 6.45) is 4.92. The van der Waals surface area contributed by atoms with E-state index in [2.05, 4.69) is 52.9 Å². The van der Waals surface area contributed by atoms with Crippen LogP contribution in [0.4, 0.5) is 0 Å². The van der Waals surface area contributed by atoms with Crippen LogP contribution in [-0.2, 0) is 17.8 Å². The monoisotopic (exact) mass is 357 g/mol. The first kappa shape index (κ1) is 20.0. The predicted molar refractivity (Wildman–Crippen MR) is 106 cm³/mol. The number of aromatic nitrogens is 2. The Hall–Kier alpha value is -2.34. The van der Waals surface area contributed by atoms with E-state index >= 15 is 0 Å². The van der Waals surface area contributed by atoms with Crippen molar-refractivity contribution in [1.29, 1.82) is 0 Å². The average molecular weight is 358 g/mol. The fourth-order valence-corrected chi connectivity index (χ4v) is 2.46. The summed E-state index contributed by atoms with van der Waals surface area (Å²) in [5, 5.41) is 11.0. The summed E-state index contributed by atoms with van der Waals surface area (Å²) in [5.41, 5.74) is 2.37. The lowest BCUT2D eigenvalue weighted by atomic mass is 10.2. The van der Waals surface area contributed by atoms with Crippen molar-refractivity contribution >= 4 is 5.96 Å². The van der Waals surface area contributed by atoms with Gasteiger partial charge in [0.05, 0.1) is 12.7 Å². The maximum absolute atomic E-state index is 5.58. The second-order valence-electron chi connectivity index (χ2n) is 6.71. The van der Waals surface area contributed by atoms with Crippen LogP contribution in [0.1, 0.15) is 31.4 Å². The molecule has 0 saturated carbocycles. The van der Waals surface area contributed by atoms with Gasteiger partial charge in [0.2, 0.25) is 0 Å². The number of nitrogens with one attached hydrogen (secondary N) is 2.